The molecule has 1 rings (SSSR count). The first kappa shape index (κ1) is 16.1. The minimum atomic E-state index is -1.36. The van der Waals surface area contributed by atoms with Gasteiger partial charge in [-0.25, -0.2) is 9.59 Å². The standard InChI is InChI=1S/C12H18N2O6/c1-19-6-7-20-5-3-2-4-14-8-9(11(16)17)10(15)13-12(14)18/h8H,2-7H2,1H3,(H,16,17)(H,13,15,18). The highest BCUT2D eigenvalue weighted by Gasteiger charge is 2.11. The average molecular weight is 286 g/mol. The van der Waals surface area contributed by atoms with E-state index >= 15 is 0 Å². The molecule has 0 aromatic carbocycles. The number of unbranched alkanes of at least 4 members (excludes halogenated alkanes) is 1. The van der Waals surface area contributed by atoms with Crippen molar-refractivity contribution in [1.82, 2.24) is 9.55 Å². The van der Waals surface area contributed by atoms with E-state index in [4.69, 9.17) is 14.6 Å². The fraction of sp³-hybridized carbons (Fsp3) is 0.583. The zero-order valence-electron chi connectivity index (χ0n) is 11.3. The van der Waals surface area contributed by atoms with E-state index in [1.54, 1.807) is 7.11 Å². The van der Waals surface area contributed by atoms with E-state index in [2.05, 4.69) is 0 Å². The Balaban J connectivity index is 2.48. The van der Waals surface area contributed by atoms with Gasteiger partial charge in [-0.1, -0.05) is 0 Å². The Labute approximate surface area is 115 Å². The van der Waals surface area contributed by atoms with Crippen LogP contribution in [0.15, 0.2) is 15.8 Å². The second kappa shape index (κ2) is 8.28. The monoisotopic (exact) mass is 286 g/mol. The van der Waals surface area contributed by atoms with Crippen molar-refractivity contribution in [2.24, 2.45) is 0 Å². The van der Waals surface area contributed by atoms with Crippen LogP contribution in [0.3, 0.4) is 0 Å². The zero-order valence-corrected chi connectivity index (χ0v) is 11.3. The van der Waals surface area contributed by atoms with Gasteiger partial charge in [-0.2, -0.15) is 0 Å². The third kappa shape index (κ3) is 4.98. The van der Waals surface area contributed by atoms with Gasteiger partial charge in [0.25, 0.3) is 5.56 Å². The summed E-state index contributed by atoms with van der Waals surface area (Å²) in [5.74, 6) is -1.36. The molecule has 0 aliphatic carbocycles. The molecule has 0 saturated heterocycles. The number of carbonyl (C=O) groups is 1. The Morgan fingerprint density at radius 2 is 2.05 bits per heavy atom. The van der Waals surface area contributed by atoms with Gasteiger partial charge < -0.3 is 14.6 Å². The molecular weight excluding hydrogens is 268 g/mol. The Morgan fingerprint density at radius 1 is 1.30 bits per heavy atom. The van der Waals surface area contributed by atoms with Crippen molar-refractivity contribution in [3.8, 4) is 0 Å². The van der Waals surface area contributed by atoms with Gasteiger partial charge in [0.05, 0.1) is 13.2 Å². The third-order valence-corrected chi connectivity index (χ3v) is 2.61. The molecule has 1 aromatic heterocycles. The highest BCUT2D eigenvalue weighted by atomic mass is 16.5. The maximum absolute atomic E-state index is 11.5. The lowest BCUT2D eigenvalue weighted by molar-refractivity contribution is 0.0681. The molecule has 0 atom stereocenters. The summed E-state index contributed by atoms with van der Waals surface area (Å²) in [7, 11) is 1.59. The second-order valence-corrected chi connectivity index (χ2v) is 4.11. The Kier molecular flexibility index (Phi) is 6.68. The highest BCUT2D eigenvalue weighted by Crippen LogP contribution is 1.95. The summed E-state index contributed by atoms with van der Waals surface area (Å²) in [4.78, 5) is 35.5. The van der Waals surface area contributed by atoms with Crippen molar-refractivity contribution in [2.45, 2.75) is 19.4 Å². The fourth-order valence-corrected chi connectivity index (χ4v) is 1.56. The molecule has 8 nitrogen and oxygen atoms in total. The third-order valence-electron chi connectivity index (χ3n) is 2.61. The molecule has 0 unspecified atom stereocenters. The Bertz CT molecular complexity index is 548. The van der Waals surface area contributed by atoms with Gasteiger partial charge in [0.15, 0.2) is 0 Å². The molecule has 112 valence electrons. The van der Waals surface area contributed by atoms with E-state index in [0.717, 1.165) is 12.6 Å². The molecule has 0 amide bonds. The number of hydrogen-bond donors (Lipinski definition) is 2. The number of methoxy groups -OCH3 is 1. The van der Waals surface area contributed by atoms with Gasteiger partial charge >= 0.3 is 11.7 Å². The number of carboxylic acid groups (broad SMARTS) is 1. The number of ether oxygens (including phenoxy) is 2. The topological polar surface area (TPSA) is 111 Å². The van der Waals surface area contributed by atoms with E-state index in [9.17, 15) is 14.4 Å². The summed E-state index contributed by atoms with van der Waals surface area (Å²) in [5, 5.41) is 8.81. The van der Waals surface area contributed by atoms with Crippen LogP contribution in [0, 0.1) is 0 Å². The number of aromatic nitrogens is 2. The van der Waals surface area contributed by atoms with E-state index in [1.807, 2.05) is 4.98 Å². The number of aromatic amines is 1. The molecule has 0 radical (unpaired) electrons. The lowest BCUT2D eigenvalue weighted by Gasteiger charge is -2.06. The van der Waals surface area contributed by atoms with Gasteiger partial charge in [0.2, 0.25) is 0 Å². The first-order valence-corrected chi connectivity index (χ1v) is 6.20. The fourth-order valence-electron chi connectivity index (χ4n) is 1.56. The molecule has 2 N–H and O–H groups in total. The van der Waals surface area contributed by atoms with Crippen molar-refractivity contribution in [2.75, 3.05) is 26.9 Å². The van der Waals surface area contributed by atoms with Gasteiger partial charge in [-0.3, -0.25) is 14.3 Å². The first-order valence-electron chi connectivity index (χ1n) is 6.20. The van der Waals surface area contributed by atoms with E-state index in [1.165, 1.54) is 4.57 Å². The van der Waals surface area contributed by atoms with Crippen LogP contribution >= 0.6 is 0 Å². The largest absolute Gasteiger partial charge is 0.477 e. The predicted octanol–water partition coefficient (Wildman–Crippen LogP) is -0.322. The molecule has 0 aliphatic heterocycles. The van der Waals surface area contributed by atoms with Crippen LogP contribution in [-0.2, 0) is 16.0 Å². The number of rotatable bonds is 9. The van der Waals surface area contributed by atoms with Crippen molar-refractivity contribution < 1.29 is 19.4 Å². The smallest absolute Gasteiger partial charge is 0.342 e. The average Bonchev–Trinajstić information content (AvgIpc) is 2.39. The number of aromatic carboxylic acids is 1. The first-order chi connectivity index (χ1) is 9.56. The minimum Gasteiger partial charge on any atom is -0.477 e. The van der Waals surface area contributed by atoms with Crippen molar-refractivity contribution >= 4 is 5.97 Å². The molecule has 0 saturated carbocycles. The summed E-state index contributed by atoms with van der Waals surface area (Å²) < 4.78 is 11.3. The van der Waals surface area contributed by atoms with Crippen molar-refractivity contribution in [3.63, 3.8) is 0 Å². The molecular formula is C12H18N2O6. The van der Waals surface area contributed by atoms with E-state index in [0.29, 0.717) is 32.8 Å². The number of H-pyrrole nitrogens is 1. The molecule has 0 spiro atoms. The molecule has 20 heavy (non-hydrogen) atoms. The Morgan fingerprint density at radius 3 is 2.70 bits per heavy atom. The summed E-state index contributed by atoms with van der Waals surface area (Å²) in [6.07, 6.45) is 2.42. The number of hydrogen-bond acceptors (Lipinski definition) is 5. The Hall–Kier alpha value is -1.93. The predicted molar refractivity (Wildman–Crippen MR) is 70.2 cm³/mol. The molecule has 0 aliphatic rings. The summed E-state index contributed by atoms with van der Waals surface area (Å²) >= 11 is 0. The van der Waals surface area contributed by atoms with Gasteiger partial charge in [-0.15, -0.1) is 0 Å². The van der Waals surface area contributed by atoms with Gasteiger partial charge in [0, 0.05) is 26.5 Å². The number of aryl methyl sites for hydroxylation is 1. The van der Waals surface area contributed by atoms with Crippen molar-refractivity contribution in [1.29, 1.82) is 0 Å². The van der Waals surface area contributed by atoms with Crippen molar-refractivity contribution in [3.05, 3.63) is 32.6 Å². The van der Waals surface area contributed by atoms with Gasteiger partial charge in [0.1, 0.15) is 5.56 Å². The summed E-state index contributed by atoms with van der Waals surface area (Å²) in [6, 6.07) is 0. The molecule has 0 bridgehead atoms. The lowest BCUT2D eigenvalue weighted by atomic mass is 10.3. The van der Waals surface area contributed by atoms with Crippen LogP contribution in [0.25, 0.3) is 0 Å². The van der Waals surface area contributed by atoms with Crippen LogP contribution in [0.2, 0.25) is 0 Å². The maximum atomic E-state index is 11.5. The molecule has 8 heteroatoms. The van der Waals surface area contributed by atoms with Crippen LogP contribution in [0.5, 0.6) is 0 Å². The second-order valence-electron chi connectivity index (χ2n) is 4.11. The number of carboxylic acids is 1. The molecule has 1 heterocycles. The van der Waals surface area contributed by atoms with Crippen LogP contribution in [0.1, 0.15) is 23.2 Å². The van der Waals surface area contributed by atoms with Crippen LogP contribution in [0.4, 0.5) is 0 Å². The molecule has 1 aromatic rings. The lowest BCUT2D eigenvalue weighted by Crippen LogP contribution is -2.33. The SMILES string of the molecule is COCCOCCCCn1cc(C(=O)O)c(=O)[nH]c1=O. The zero-order chi connectivity index (χ0) is 15.0. The van der Waals surface area contributed by atoms with Crippen LogP contribution < -0.4 is 11.2 Å². The highest BCUT2D eigenvalue weighted by molar-refractivity contribution is 5.86. The number of nitrogens with zero attached hydrogens (tertiary/aromatic N) is 1. The summed E-state index contributed by atoms with van der Waals surface area (Å²) in [5.41, 5.74) is -1.94. The van der Waals surface area contributed by atoms with Gasteiger partial charge in [-0.05, 0) is 12.8 Å². The quantitative estimate of drug-likeness (QED) is 0.602. The number of nitrogens with one attached hydrogen (secondary N) is 1. The minimum absolute atomic E-state index is 0.323. The van der Waals surface area contributed by atoms with E-state index < -0.39 is 22.8 Å². The molecule has 0 fully saturated rings. The summed E-state index contributed by atoms with van der Waals surface area (Å²) in [6.45, 7) is 1.90. The maximum Gasteiger partial charge on any atom is 0.342 e. The van der Waals surface area contributed by atoms with Crippen LogP contribution in [-0.4, -0.2) is 47.6 Å². The van der Waals surface area contributed by atoms with E-state index in [-0.39, 0.29) is 0 Å². The normalized spacial score (nSPS) is 10.7.